The monoisotopic (exact) mass is 458 g/mol. The average molecular weight is 459 g/mol. The van der Waals surface area contributed by atoms with Gasteiger partial charge in [0, 0.05) is 39.8 Å². The molecule has 34 heavy (non-hydrogen) atoms. The molecule has 0 bridgehead atoms. The normalized spacial score (nSPS) is 14.7. The molecule has 8 nitrogen and oxygen atoms in total. The van der Waals surface area contributed by atoms with Crippen molar-refractivity contribution in [3.63, 3.8) is 0 Å². The van der Waals surface area contributed by atoms with Crippen LogP contribution >= 0.6 is 0 Å². The Morgan fingerprint density at radius 3 is 2.06 bits per heavy atom. The van der Waals surface area contributed by atoms with E-state index in [1.54, 1.807) is 7.05 Å². The van der Waals surface area contributed by atoms with E-state index in [1.165, 1.54) is 15.7 Å². The van der Waals surface area contributed by atoms with E-state index in [-0.39, 0.29) is 0 Å². The van der Waals surface area contributed by atoms with Gasteiger partial charge in [0.1, 0.15) is 0 Å². The van der Waals surface area contributed by atoms with Crippen molar-refractivity contribution in [2.75, 3.05) is 31.1 Å². The van der Waals surface area contributed by atoms with Crippen LogP contribution in [0.4, 0.5) is 5.95 Å². The molecular weight excluding hydrogens is 428 g/mol. The minimum atomic E-state index is -0.451. The molecule has 1 aliphatic heterocycles. The van der Waals surface area contributed by atoms with E-state index in [9.17, 15) is 9.59 Å². The van der Waals surface area contributed by atoms with Gasteiger partial charge in [0.05, 0.1) is 6.54 Å². The van der Waals surface area contributed by atoms with Gasteiger partial charge in [-0.2, -0.15) is 4.98 Å². The van der Waals surface area contributed by atoms with Crippen LogP contribution in [0, 0.1) is 13.8 Å². The highest BCUT2D eigenvalue weighted by Gasteiger charge is 2.25. The number of benzene rings is 2. The summed E-state index contributed by atoms with van der Waals surface area (Å²) in [4.78, 5) is 37.1. The summed E-state index contributed by atoms with van der Waals surface area (Å²) in [6, 6.07) is 16.7. The van der Waals surface area contributed by atoms with Gasteiger partial charge in [0.25, 0.3) is 5.56 Å². The zero-order valence-electron chi connectivity index (χ0n) is 19.9. The molecule has 1 N–H and O–H groups in total. The maximum absolute atomic E-state index is 12.9. The van der Waals surface area contributed by atoms with E-state index < -0.39 is 11.2 Å². The van der Waals surface area contributed by atoms with Gasteiger partial charge in [-0.1, -0.05) is 48.5 Å². The number of imidazole rings is 1. The lowest BCUT2D eigenvalue weighted by atomic mass is 10.1. The van der Waals surface area contributed by atoms with Crippen LogP contribution in [0.25, 0.3) is 11.2 Å². The summed E-state index contributed by atoms with van der Waals surface area (Å²) in [7, 11) is 1.65. The van der Waals surface area contributed by atoms with Crippen molar-refractivity contribution in [2.24, 2.45) is 7.05 Å². The zero-order chi connectivity index (χ0) is 23.8. The average Bonchev–Trinajstić information content (AvgIpc) is 3.21. The second-order valence-electron chi connectivity index (χ2n) is 9.10. The van der Waals surface area contributed by atoms with Crippen LogP contribution in [0.3, 0.4) is 0 Å². The van der Waals surface area contributed by atoms with Gasteiger partial charge >= 0.3 is 5.69 Å². The largest absolute Gasteiger partial charge is 0.340 e. The second kappa shape index (κ2) is 8.95. The minimum absolute atomic E-state index is 0.399. The molecule has 0 atom stereocenters. The summed E-state index contributed by atoms with van der Waals surface area (Å²) in [5.74, 6) is 0.737. The summed E-state index contributed by atoms with van der Waals surface area (Å²) in [5, 5.41) is 0. The van der Waals surface area contributed by atoms with E-state index in [0.29, 0.717) is 17.7 Å². The molecule has 5 rings (SSSR count). The first kappa shape index (κ1) is 22.2. The first-order chi connectivity index (χ1) is 16.4. The molecule has 0 saturated carbocycles. The maximum atomic E-state index is 12.9. The maximum Gasteiger partial charge on any atom is 0.329 e. The van der Waals surface area contributed by atoms with E-state index >= 15 is 0 Å². The SMILES string of the molecule is Cc1ccccc1CN1CCN(c2nc3c(c(=O)[nH]c(=O)n3C)n2Cc2ccccc2C)CC1. The Hall–Kier alpha value is -3.65. The number of nitrogens with one attached hydrogen (secondary N) is 1. The van der Waals surface area contributed by atoms with Gasteiger partial charge in [-0.25, -0.2) is 4.79 Å². The number of hydrogen-bond donors (Lipinski definition) is 1. The number of piperazine rings is 1. The van der Waals surface area contributed by atoms with Crippen LogP contribution in [0.1, 0.15) is 22.3 Å². The molecular formula is C26H30N6O2. The first-order valence-electron chi connectivity index (χ1n) is 11.7. The Morgan fingerprint density at radius 2 is 1.44 bits per heavy atom. The fourth-order valence-corrected chi connectivity index (χ4v) is 4.71. The lowest BCUT2D eigenvalue weighted by Gasteiger charge is -2.35. The number of nitrogens with zero attached hydrogens (tertiary/aromatic N) is 5. The lowest BCUT2D eigenvalue weighted by molar-refractivity contribution is 0.248. The number of aromatic nitrogens is 4. The van der Waals surface area contributed by atoms with Gasteiger partial charge in [-0.3, -0.25) is 23.8 Å². The molecule has 1 fully saturated rings. The molecule has 2 aromatic carbocycles. The Balaban J connectivity index is 1.48. The van der Waals surface area contributed by atoms with Crippen LogP contribution in [-0.4, -0.2) is 50.2 Å². The zero-order valence-corrected chi connectivity index (χ0v) is 19.9. The third-order valence-corrected chi connectivity index (χ3v) is 6.89. The molecule has 4 aromatic rings. The molecule has 3 heterocycles. The van der Waals surface area contributed by atoms with E-state index in [0.717, 1.165) is 49.8 Å². The third kappa shape index (κ3) is 4.05. The van der Waals surface area contributed by atoms with Crippen molar-refractivity contribution in [3.05, 3.63) is 91.6 Å². The van der Waals surface area contributed by atoms with Crippen molar-refractivity contribution in [2.45, 2.75) is 26.9 Å². The molecule has 1 saturated heterocycles. The van der Waals surface area contributed by atoms with Crippen molar-refractivity contribution < 1.29 is 0 Å². The Labute approximate surface area is 198 Å². The molecule has 0 radical (unpaired) electrons. The smallest absolute Gasteiger partial charge is 0.329 e. The molecule has 176 valence electrons. The van der Waals surface area contributed by atoms with Crippen LogP contribution in [0.5, 0.6) is 0 Å². The quantitative estimate of drug-likeness (QED) is 0.497. The van der Waals surface area contributed by atoms with Crippen molar-refractivity contribution in [1.29, 1.82) is 0 Å². The van der Waals surface area contributed by atoms with Crippen molar-refractivity contribution in [3.8, 4) is 0 Å². The van der Waals surface area contributed by atoms with Crippen LogP contribution in [0.15, 0.2) is 58.1 Å². The molecule has 1 aliphatic rings. The summed E-state index contributed by atoms with van der Waals surface area (Å²) in [6.07, 6.45) is 0. The van der Waals surface area contributed by atoms with Crippen molar-refractivity contribution in [1.82, 2.24) is 24.0 Å². The lowest BCUT2D eigenvalue weighted by Crippen LogP contribution is -2.47. The number of aromatic amines is 1. The molecule has 0 amide bonds. The van der Waals surface area contributed by atoms with Gasteiger partial charge < -0.3 is 4.90 Å². The predicted molar refractivity (Wildman–Crippen MR) is 135 cm³/mol. The summed E-state index contributed by atoms with van der Waals surface area (Å²) in [5.41, 5.74) is 4.93. The molecule has 0 unspecified atom stereocenters. The van der Waals surface area contributed by atoms with Gasteiger partial charge in [-0.05, 0) is 36.1 Å². The third-order valence-electron chi connectivity index (χ3n) is 6.89. The van der Waals surface area contributed by atoms with Crippen LogP contribution in [0.2, 0.25) is 0 Å². The highest BCUT2D eigenvalue weighted by Crippen LogP contribution is 2.24. The summed E-state index contributed by atoms with van der Waals surface area (Å²) in [6.45, 7) is 9.06. The van der Waals surface area contributed by atoms with E-state index in [1.807, 2.05) is 16.7 Å². The molecule has 0 spiro atoms. The number of rotatable bonds is 5. The highest BCUT2D eigenvalue weighted by atomic mass is 16.2. The summed E-state index contributed by atoms with van der Waals surface area (Å²) < 4.78 is 3.38. The Bertz CT molecular complexity index is 1460. The highest BCUT2D eigenvalue weighted by molar-refractivity contribution is 5.74. The number of hydrogen-bond acceptors (Lipinski definition) is 5. The van der Waals surface area contributed by atoms with Gasteiger partial charge in [0.2, 0.25) is 5.95 Å². The van der Waals surface area contributed by atoms with E-state index in [4.69, 9.17) is 4.98 Å². The van der Waals surface area contributed by atoms with Crippen molar-refractivity contribution >= 4 is 17.1 Å². The van der Waals surface area contributed by atoms with E-state index in [2.05, 4.69) is 65.0 Å². The molecule has 0 aliphatic carbocycles. The van der Waals surface area contributed by atoms with Gasteiger partial charge in [-0.15, -0.1) is 0 Å². The predicted octanol–water partition coefficient (Wildman–Crippen LogP) is 2.41. The number of H-pyrrole nitrogens is 1. The fourth-order valence-electron chi connectivity index (χ4n) is 4.71. The molecule has 2 aromatic heterocycles. The Morgan fingerprint density at radius 1 is 0.853 bits per heavy atom. The second-order valence-corrected chi connectivity index (χ2v) is 9.10. The summed E-state index contributed by atoms with van der Waals surface area (Å²) >= 11 is 0. The Kier molecular flexibility index (Phi) is 5.83. The fraction of sp³-hybridized carbons (Fsp3) is 0.346. The standard InChI is InChI=1S/C26H30N6O2/c1-18-8-4-6-10-20(18)16-30-12-14-31(15-13-30)25-27-23-22(24(33)28-26(34)29(23)3)32(25)17-21-11-7-5-9-19(21)2/h4-11H,12-17H2,1-3H3,(H,28,33,34). The van der Waals surface area contributed by atoms with Crippen LogP contribution in [-0.2, 0) is 20.1 Å². The molecule has 8 heteroatoms. The number of aryl methyl sites for hydroxylation is 3. The minimum Gasteiger partial charge on any atom is -0.340 e. The van der Waals surface area contributed by atoms with Gasteiger partial charge in [0.15, 0.2) is 11.2 Å². The topological polar surface area (TPSA) is 79.2 Å². The number of fused-ring (bicyclic) bond motifs is 1. The number of anilines is 1. The van der Waals surface area contributed by atoms with Crippen LogP contribution < -0.4 is 16.1 Å². The first-order valence-corrected chi connectivity index (χ1v) is 11.7.